The van der Waals surface area contributed by atoms with Crippen LogP contribution in [0.5, 0.6) is 0 Å². The molecule has 6 nitrogen and oxygen atoms in total. The Bertz CT molecular complexity index is 652. The van der Waals surface area contributed by atoms with Crippen LogP contribution < -0.4 is 23.5 Å². The van der Waals surface area contributed by atoms with Gasteiger partial charge >= 0.3 is 5.69 Å². The number of nitrogens with zero attached hydrogens (tertiary/aromatic N) is 2. The Labute approximate surface area is 89.0 Å². The lowest BCUT2D eigenvalue weighted by Gasteiger charge is -1.90. The van der Waals surface area contributed by atoms with Gasteiger partial charge in [0.2, 0.25) is 5.39 Å². The Morgan fingerprint density at radius 2 is 1.80 bits per heavy atom. The third kappa shape index (κ3) is 1.60. The lowest BCUT2D eigenvalue weighted by atomic mass is 10.1. The monoisotopic (exact) mass is 224 g/mol. The quantitative estimate of drug-likeness (QED) is 0.493. The van der Waals surface area contributed by atoms with Crippen molar-refractivity contribution in [1.82, 2.24) is 10.2 Å². The van der Waals surface area contributed by atoms with E-state index in [9.17, 15) is 9.59 Å². The Balaban J connectivity index is 0.00000112. The van der Waals surface area contributed by atoms with Crippen LogP contribution in [0.1, 0.15) is 0 Å². The predicted octanol–water partition coefficient (Wildman–Crippen LogP) is -2.30. The van der Waals surface area contributed by atoms with Crippen LogP contribution in [0.3, 0.4) is 0 Å². The molecule has 0 radical (unpaired) electrons. The molecular weight excluding hydrogens is 220 g/mol. The van der Waals surface area contributed by atoms with Crippen molar-refractivity contribution < 1.29 is 12.4 Å². The van der Waals surface area contributed by atoms with Crippen LogP contribution in [0.4, 0.5) is 5.69 Å². The second-order valence-corrected chi connectivity index (χ2v) is 2.71. The van der Waals surface area contributed by atoms with Crippen molar-refractivity contribution in [2.45, 2.75) is 0 Å². The van der Waals surface area contributed by atoms with Gasteiger partial charge in [-0.05, 0) is 6.07 Å². The number of fused-ring (bicyclic) bond motifs is 1. The van der Waals surface area contributed by atoms with E-state index in [1.54, 1.807) is 0 Å². The fourth-order valence-electron chi connectivity index (χ4n) is 1.29. The van der Waals surface area contributed by atoms with E-state index in [1.165, 1.54) is 18.2 Å². The topological polar surface area (TPSA) is 93.9 Å². The molecule has 15 heavy (non-hydrogen) atoms. The minimum atomic E-state index is -0.493. The van der Waals surface area contributed by atoms with Crippen LogP contribution in [0.2, 0.25) is 0 Å². The number of hydrogen-bond acceptors (Lipinski definition) is 3. The van der Waals surface area contributed by atoms with Gasteiger partial charge in [-0.2, -0.15) is 0 Å². The molecule has 0 bridgehead atoms. The summed E-state index contributed by atoms with van der Waals surface area (Å²) >= 11 is 0. The van der Waals surface area contributed by atoms with Crippen LogP contribution in [0.25, 0.3) is 15.7 Å². The first-order chi connectivity index (χ1) is 6.74. The van der Waals surface area contributed by atoms with Gasteiger partial charge in [0.15, 0.2) is 4.98 Å². The van der Waals surface area contributed by atoms with E-state index >= 15 is 0 Å². The Morgan fingerprint density at radius 1 is 1.13 bits per heavy atom. The van der Waals surface area contributed by atoms with Gasteiger partial charge in [-0.1, -0.05) is 6.07 Å². The summed E-state index contributed by atoms with van der Waals surface area (Å²) in [7, 11) is 0. The van der Waals surface area contributed by atoms with Crippen LogP contribution in [-0.2, 0) is 0 Å². The Kier molecular flexibility index (Phi) is 2.87. The number of aromatic nitrogens is 2. The second-order valence-electron chi connectivity index (χ2n) is 2.71. The van der Waals surface area contributed by atoms with Crippen molar-refractivity contribution in [1.29, 1.82) is 5.39 Å². The van der Waals surface area contributed by atoms with Gasteiger partial charge in [-0.15, -0.1) is 0 Å². The highest BCUT2D eigenvalue weighted by atomic mass is 35.5. The van der Waals surface area contributed by atoms with E-state index in [0.29, 0.717) is 0 Å². The molecule has 7 heteroatoms. The summed E-state index contributed by atoms with van der Waals surface area (Å²) in [6.07, 6.45) is 0. The first-order valence-corrected chi connectivity index (χ1v) is 3.83. The van der Waals surface area contributed by atoms with E-state index in [0.717, 1.165) is 0 Å². The second kappa shape index (κ2) is 3.94. The van der Waals surface area contributed by atoms with Gasteiger partial charge in [-0.25, -0.2) is 0 Å². The molecule has 2 rings (SSSR count). The fourth-order valence-corrected chi connectivity index (χ4v) is 1.29. The van der Waals surface area contributed by atoms with Gasteiger partial charge in [0, 0.05) is 6.07 Å². The maximum Gasteiger partial charge on any atom is 0.398 e. The molecule has 1 aromatic heterocycles. The molecule has 0 atom stereocenters. The van der Waals surface area contributed by atoms with Gasteiger partial charge in [0.05, 0.1) is 5.39 Å². The van der Waals surface area contributed by atoms with Crippen molar-refractivity contribution in [2.75, 3.05) is 0 Å². The average molecular weight is 225 g/mol. The molecule has 0 amide bonds. The van der Waals surface area contributed by atoms with Crippen LogP contribution in [-0.4, -0.2) is 10.2 Å². The number of benzene rings is 1. The molecule has 76 valence electrons. The maximum absolute atomic E-state index is 11.3. The normalized spacial score (nSPS) is 9.27. The highest BCUT2D eigenvalue weighted by Gasteiger charge is 2.15. The molecule has 2 aromatic rings. The zero-order valence-corrected chi connectivity index (χ0v) is 8.08. The number of rotatable bonds is 0. The molecule has 0 aliphatic rings. The van der Waals surface area contributed by atoms with Crippen LogP contribution in [0, 0.1) is 5.39 Å². The minimum Gasteiger partial charge on any atom is -1.00 e. The Hall–Kier alpha value is -2.13. The number of nitrogens with one attached hydrogen (secondary N) is 2. The van der Waals surface area contributed by atoms with Crippen molar-refractivity contribution in [3.05, 3.63) is 43.9 Å². The summed E-state index contributed by atoms with van der Waals surface area (Å²) in [6, 6.07) is 4.46. The molecule has 1 aromatic carbocycles. The van der Waals surface area contributed by atoms with Gasteiger partial charge in [0.25, 0.3) is 11.1 Å². The fraction of sp³-hybridized carbons (Fsp3) is 0. The van der Waals surface area contributed by atoms with Crippen molar-refractivity contribution in [3.8, 4) is 0 Å². The first-order valence-electron chi connectivity index (χ1n) is 3.83. The van der Waals surface area contributed by atoms with Gasteiger partial charge in [0.1, 0.15) is 5.39 Å². The van der Waals surface area contributed by atoms with E-state index < -0.39 is 11.1 Å². The zero-order valence-electron chi connectivity index (χ0n) is 7.32. The molecule has 0 spiro atoms. The number of halogens is 1. The number of H-pyrrole nitrogens is 2. The molecular formula is C8H5ClN4O2. The standard InChI is InChI=1S/C8H4N4O2.ClH/c9-10-5-3-1-2-4-6(5)8(14)12-11-7(4)13;/h1-3,9H;1H. The summed E-state index contributed by atoms with van der Waals surface area (Å²) in [6.45, 7) is 0. The number of aromatic amines is 2. The SMILES string of the molecule is N#[N+]c1cccc2c(=O)[nH][nH]c(=O)c12.[Cl-]. The molecule has 1 heterocycles. The highest BCUT2D eigenvalue weighted by molar-refractivity contribution is 5.92. The van der Waals surface area contributed by atoms with Crippen molar-refractivity contribution >= 4 is 16.5 Å². The maximum atomic E-state index is 11.3. The molecule has 0 saturated heterocycles. The van der Waals surface area contributed by atoms with Gasteiger partial charge < -0.3 is 12.4 Å². The summed E-state index contributed by atoms with van der Waals surface area (Å²) in [5.41, 5.74) is -0.840. The summed E-state index contributed by atoms with van der Waals surface area (Å²) in [4.78, 5) is 25.5. The highest BCUT2D eigenvalue weighted by Crippen LogP contribution is 2.19. The average Bonchev–Trinajstić information content (AvgIpc) is 2.23. The van der Waals surface area contributed by atoms with Crippen LogP contribution >= 0.6 is 0 Å². The Morgan fingerprint density at radius 3 is 2.47 bits per heavy atom. The summed E-state index contributed by atoms with van der Waals surface area (Å²) in [5, 5.41) is 13.2. The summed E-state index contributed by atoms with van der Waals surface area (Å²) < 4.78 is 0. The lowest BCUT2D eigenvalue weighted by Crippen LogP contribution is -3.00. The van der Waals surface area contributed by atoms with E-state index in [1.807, 2.05) is 0 Å². The van der Waals surface area contributed by atoms with Crippen molar-refractivity contribution in [3.63, 3.8) is 0 Å². The molecule has 0 fully saturated rings. The van der Waals surface area contributed by atoms with Crippen LogP contribution in [0.15, 0.2) is 27.8 Å². The lowest BCUT2D eigenvalue weighted by molar-refractivity contribution is -0.00000317. The molecule has 0 saturated carbocycles. The third-order valence-corrected chi connectivity index (χ3v) is 1.91. The summed E-state index contributed by atoms with van der Waals surface area (Å²) in [5.74, 6) is 0. The number of hydrogen-bond donors (Lipinski definition) is 2. The van der Waals surface area contributed by atoms with E-state index in [-0.39, 0.29) is 28.9 Å². The molecule has 0 aliphatic heterocycles. The van der Waals surface area contributed by atoms with Crippen molar-refractivity contribution in [2.24, 2.45) is 0 Å². The van der Waals surface area contributed by atoms with E-state index in [4.69, 9.17) is 5.39 Å². The predicted molar refractivity (Wildman–Crippen MR) is 49.9 cm³/mol. The first kappa shape index (κ1) is 10.9. The molecule has 0 unspecified atom stereocenters. The minimum absolute atomic E-state index is 0. The number of diazo groups is 1. The molecule has 2 N–H and O–H groups in total. The van der Waals surface area contributed by atoms with Gasteiger partial charge in [-0.3, -0.25) is 19.8 Å². The third-order valence-electron chi connectivity index (χ3n) is 1.91. The zero-order chi connectivity index (χ0) is 10.1. The van der Waals surface area contributed by atoms with E-state index in [2.05, 4.69) is 15.2 Å². The largest absolute Gasteiger partial charge is 1.00 e. The molecule has 0 aliphatic carbocycles. The smallest absolute Gasteiger partial charge is 0.398 e.